The molecule has 0 aliphatic heterocycles. The van der Waals surface area contributed by atoms with Gasteiger partial charge in [0.15, 0.2) is 0 Å². The van der Waals surface area contributed by atoms with Crippen molar-refractivity contribution < 1.29 is 54.2 Å². The highest BCUT2D eigenvalue weighted by atomic mass is 19.4. The summed E-state index contributed by atoms with van der Waals surface area (Å²) in [5, 5.41) is 7.12. The minimum atomic E-state index is -5.08. The van der Waals surface area contributed by atoms with E-state index in [1.165, 1.54) is 0 Å². The van der Waals surface area contributed by atoms with Crippen molar-refractivity contribution >= 4 is 5.97 Å². The van der Waals surface area contributed by atoms with Crippen LogP contribution in [0.2, 0.25) is 0 Å². The second kappa shape index (κ2) is 8.96. The quantitative estimate of drug-likeness (QED) is 0.589. The third-order valence-electron chi connectivity index (χ3n) is 2.42. The van der Waals surface area contributed by atoms with Gasteiger partial charge in [-0.2, -0.15) is 39.5 Å². The standard InChI is InChI=1S/C11H11F6NO.C2HF3O2/c12-10(13,14)7-4-8(11(15,16)17)6-9(5-7)19-3-1-2-18;3-2(4,5)1(6)7/h4-6H,1-3,18H2;(H,6,7). The molecule has 13 heteroatoms. The molecular weight excluding hydrogens is 389 g/mol. The van der Waals surface area contributed by atoms with Gasteiger partial charge in [0.2, 0.25) is 0 Å². The van der Waals surface area contributed by atoms with Crippen LogP contribution >= 0.6 is 0 Å². The number of nitrogens with two attached hydrogens (primary N) is 1. The van der Waals surface area contributed by atoms with Gasteiger partial charge < -0.3 is 15.6 Å². The van der Waals surface area contributed by atoms with Crippen molar-refractivity contribution in [3.63, 3.8) is 0 Å². The molecule has 26 heavy (non-hydrogen) atoms. The first-order chi connectivity index (χ1) is 11.6. The SMILES string of the molecule is NCCCOc1cc(C(F)(F)F)cc(C(F)(F)F)c1.O=C(O)C(F)(F)F. The van der Waals surface area contributed by atoms with E-state index in [0.29, 0.717) is 18.6 Å². The Morgan fingerprint density at radius 1 is 0.923 bits per heavy atom. The van der Waals surface area contributed by atoms with Gasteiger partial charge in [0.05, 0.1) is 17.7 Å². The van der Waals surface area contributed by atoms with Crippen LogP contribution < -0.4 is 10.5 Å². The summed E-state index contributed by atoms with van der Waals surface area (Å²) >= 11 is 0. The van der Waals surface area contributed by atoms with Gasteiger partial charge in [0.1, 0.15) is 5.75 Å². The average molecular weight is 401 g/mol. The van der Waals surface area contributed by atoms with Crippen LogP contribution in [0, 0.1) is 0 Å². The second-order valence-corrected chi connectivity index (χ2v) is 4.54. The molecule has 0 atom stereocenters. The molecule has 0 saturated heterocycles. The summed E-state index contributed by atoms with van der Waals surface area (Å²) in [6.45, 7) is 0.181. The van der Waals surface area contributed by atoms with Gasteiger partial charge in [-0.25, -0.2) is 4.79 Å². The Labute approximate surface area is 140 Å². The number of rotatable bonds is 4. The molecular formula is C13H12F9NO3. The Balaban J connectivity index is 0.000000758. The highest BCUT2D eigenvalue weighted by Gasteiger charge is 2.38. The van der Waals surface area contributed by atoms with E-state index in [0.717, 1.165) is 0 Å². The van der Waals surface area contributed by atoms with E-state index >= 15 is 0 Å². The van der Waals surface area contributed by atoms with Crippen LogP contribution in [-0.4, -0.2) is 30.4 Å². The van der Waals surface area contributed by atoms with E-state index in [2.05, 4.69) is 0 Å². The number of carbonyl (C=O) groups is 1. The van der Waals surface area contributed by atoms with Gasteiger partial charge in [-0.15, -0.1) is 0 Å². The number of carboxylic acids is 1. The van der Waals surface area contributed by atoms with E-state index in [9.17, 15) is 39.5 Å². The Morgan fingerprint density at radius 2 is 1.31 bits per heavy atom. The van der Waals surface area contributed by atoms with Crippen molar-refractivity contribution in [2.75, 3.05) is 13.2 Å². The van der Waals surface area contributed by atoms with Gasteiger partial charge in [-0.05, 0) is 31.2 Å². The zero-order chi connectivity index (χ0) is 20.8. The van der Waals surface area contributed by atoms with Gasteiger partial charge in [-0.3, -0.25) is 0 Å². The van der Waals surface area contributed by atoms with E-state index in [-0.39, 0.29) is 19.2 Å². The molecule has 0 unspecified atom stereocenters. The molecule has 0 amide bonds. The maximum Gasteiger partial charge on any atom is 0.490 e. The maximum absolute atomic E-state index is 12.5. The van der Waals surface area contributed by atoms with E-state index < -0.39 is 41.4 Å². The minimum absolute atomic E-state index is 0.0465. The predicted molar refractivity (Wildman–Crippen MR) is 69.3 cm³/mol. The number of carboxylic acid groups (broad SMARTS) is 1. The molecule has 0 aromatic heterocycles. The molecule has 150 valence electrons. The predicted octanol–water partition coefficient (Wildman–Crippen LogP) is 4.09. The Morgan fingerprint density at radius 3 is 1.58 bits per heavy atom. The Hall–Kier alpha value is -2.18. The second-order valence-electron chi connectivity index (χ2n) is 4.54. The van der Waals surface area contributed by atoms with E-state index in [1.807, 2.05) is 0 Å². The van der Waals surface area contributed by atoms with Crippen LogP contribution in [-0.2, 0) is 17.1 Å². The molecule has 0 saturated carbocycles. The number of aliphatic carboxylic acids is 1. The summed E-state index contributed by atoms with van der Waals surface area (Å²) in [6.07, 6.45) is -14.5. The van der Waals surface area contributed by atoms with Crippen molar-refractivity contribution in [3.8, 4) is 5.75 Å². The van der Waals surface area contributed by atoms with Gasteiger partial charge in [0, 0.05) is 0 Å². The zero-order valence-corrected chi connectivity index (χ0v) is 12.6. The first-order valence-electron chi connectivity index (χ1n) is 6.51. The van der Waals surface area contributed by atoms with Crippen molar-refractivity contribution in [2.24, 2.45) is 5.73 Å². The molecule has 0 aliphatic rings. The largest absolute Gasteiger partial charge is 0.494 e. The van der Waals surface area contributed by atoms with Crippen LogP contribution in [0.3, 0.4) is 0 Å². The lowest BCUT2D eigenvalue weighted by molar-refractivity contribution is -0.192. The summed E-state index contributed by atoms with van der Waals surface area (Å²) in [5.74, 6) is -3.23. The van der Waals surface area contributed by atoms with Crippen molar-refractivity contribution in [1.82, 2.24) is 0 Å². The highest BCUT2D eigenvalue weighted by molar-refractivity contribution is 5.73. The normalized spacial score (nSPS) is 12.2. The first kappa shape index (κ1) is 23.8. The number of benzene rings is 1. The highest BCUT2D eigenvalue weighted by Crippen LogP contribution is 2.38. The Kier molecular flexibility index (Phi) is 8.21. The lowest BCUT2D eigenvalue weighted by Crippen LogP contribution is -2.21. The lowest BCUT2D eigenvalue weighted by atomic mass is 10.1. The molecule has 1 aromatic carbocycles. The molecule has 1 aromatic rings. The summed E-state index contributed by atoms with van der Waals surface area (Å²) < 4.78 is 111. The van der Waals surface area contributed by atoms with E-state index in [4.69, 9.17) is 20.4 Å². The smallest absolute Gasteiger partial charge is 0.490 e. The number of halogens is 9. The minimum Gasteiger partial charge on any atom is -0.494 e. The van der Waals surface area contributed by atoms with Gasteiger partial charge >= 0.3 is 24.5 Å². The summed E-state index contributed by atoms with van der Waals surface area (Å²) in [6, 6.07) is 1.12. The van der Waals surface area contributed by atoms with Crippen molar-refractivity contribution in [1.29, 1.82) is 0 Å². The van der Waals surface area contributed by atoms with Crippen LogP contribution in [0.1, 0.15) is 17.5 Å². The van der Waals surface area contributed by atoms with Crippen LogP contribution in [0.15, 0.2) is 18.2 Å². The van der Waals surface area contributed by atoms with Crippen molar-refractivity contribution in [3.05, 3.63) is 29.3 Å². The van der Waals surface area contributed by atoms with Crippen LogP contribution in [0.25, 0.3) is 0 Å². The number of ether oxygens (including phenoxy) is 1. The summed E-state index contributed by atoms with van der Waals surface area (Å²) in [7, 11) is 0. The van der Waals surface area contributed by atoms with Crippen LogP contribution in [0.4, 0.5) is 39.5 Å². The number of hydrogen-bond donors (Lipinski definition) is 2. The molecule has 1 rings (SSSR count). The fraction of sp³-hybridized carbons (Fsp3) is 0.462. The molecule has 4 nitrogen and oxygen atoms in total. The zero-order valence-electron chi connectivity index (χ0n) is 12.6. The lowest BCUT2D eigenvalue weighted by Gasteiger charge is -2.14. The van der Waals surface area contributed by atoms with Gasteiger partial charge in [0.25, 0.3) is 0 Å². The van der Waals surface area contributed by atoms with E-state index in [1.54, 1.807) is 0 Å². The first-order valence-corrected chi connectivity index (χ1v) is 6.51. The van der Waals surface area contributed by atoms with Crippen LogP contribution in [0.5, 0.6) is 5.75 Å². The Bertz CT molecular complexity index is 562. The fourth-order valence-electron chi connectivity index (χ4n) is 1.28. The molecule has 3 N–H and O–H groups in total. The maximum atomic E-state index is 12.5. The monoisotopic (exact) mass is 401 g/mol. The summed E-state index contributed by atoms with van der Waals surface area (Å²) in [4.78, 5) is 8.90. The molecule has 0 bridgehead atoms. The molecule has 0 fully saturated rings. The molecule has 0 heterocycles. The molecule has 0 radical (unpaired) electrons. The number of alkyl halides is 9. The number of hydrogen-bond acceptors (Lipinski definition) is 3. The average Bonchev–Trinajstić information content (AvgIpc) is 2.45. The third kappa shape index (κ3) is 8.78. The topological polar surface area (TPSA) is 72.5 Å². The van der Waals surface area contributed by atoms with Gasteiger partial charge in [-0.1, -0.05) is 0 Å². The molecule has 0 spiro atoms. The third-order valence-corrected chi connectivity index (χ3v) is 2.42. The fourth-order valence-corrected chi connectivity index (χ4v) is 1.28. The van der Waals surface area contributed by atoms with Crippen molar-refractivity contribution in [2.45, 2.75) is 24.9 Å². The summed E-state index contributed by atoms with van der Waals surface area (Å²) in [5.41, 5.74) is 2.35. The molecule has 0 aliphatic carbocycles.